The van der Waals surface area contributed by atoms with Crippen LogP contribution in [-0.2, 0) is 17.8 Å². The molecular formula is C14H15ClN4O2. The van der Waals surface area contributed by atoms with Crippen molar-refractivity contribution >= 4 is 28.5 Å². The summed E-state index contributed by atoms with van der Waals surface area (Å²) in [5.74, 6) is 1.52. The molecular weight excluding hydrogens is 292 g/mol. The van der Waals surface area contributed by atoms with Crippen molar-refractivity contribution in [3.8, 4) is 0 Å². The molecule has 1 N–H and O–H groups in total. The summed E-state index contributed by atoms with van der Waals surface area (Å²) in [6.45, 7) is 1.87. The second-order valence-corrected chi connectivity index (χ2v) is 4.85. The molecule has 6 nitrogen and oxygen atoms in total. The minimum Gasteiger partial charge on any atom is -0.467 e. The van der Waals surface area contributed by atoms with Crippen LogP contribution in [-0.4, -0.2) is 28.3 Å². The lowest BCUT2D eigenvalue weighted by Gasteiger charge is -2.07. The van der Waals surface area contributed by atoms with Crippen LogP contribution in [0.2, 0.25) is 5.28 Å². The molecule has 0 aliphatic carbocycles. The molecule has 21 heavy (non-hydrogen) atoms. The van der Waals surface area contributed by atoms with E-state index in [-0.39, 0.29) is 5.28 Å². The molecule has 0 radical (unpaired) electrons. The highest BCUT2D eigenvalue weighted by molar-refractivity contribution is 6.28. The fourth-order valence-electron chi connectivity index (χ4n) is 2.13. The maximum atomic E-state index is 6.02. The molecule has 3 heterocycles. The van der Waals surface area contributed by atoms with Gasteiger partial charge in [-0.05, 0) is 29.8 Å². The van der Waals surface area contributed by atoms with Crippen molar-refractivity contribution in [2.45, 2.75) is 13.1 Å². The molecule has 0 atom stereocenters. The molecule has 7 heteroatoms. The minimum absolute atomic E-state index is 0.210. The van der Waals surface area contributed by atoms with Crippen LogP contribution < -0.4 is 5.32 Å². The first-order valence-electron chi connectivity index (χ1n) is 6.55. The van der Waals surface area contributed by atoms with Gasteiger partial charge in [-0.1, -0.05) is 0 Å². The van der Waals surface area contributed by atoms with Crippen molar-refractivity contribution in [3.05, 3.63) is 41.7 Å². The third-order valence-corrected chi connectivity index (χ3v) is 3.31. The van der Waals surface area contributed by atoms with Crippen LogP contribution in [0.4, 0.5) is 5.82 Å². The molecule has 3 aromatic heterocycles. The number of anilines is 1. The predicted molar refractivity (Wildman–Crippen MR) is 80.4 cm³/mol. The van der Waals surface area contributed by atoms with E-state index in [0.29, 0.717) is 25.5 Å². The summed E-state index contributed by atoms with van der Waals surface area (Å²) < 4.78 is 12.4. The molecule has 0 saturated heterocycles. The predicted octanol–water partition coefficient (Wildman–Crippen LogP) is 2.94. The van der Waals surface area contributed by atoms with Gasteiger partial charge in [-0.3, -0.25) is 0 Å². The summed E-state index contributed by atoms with van der Waals surface area (Å²) in [7, 11) is 1.67. The zero-order valence-corrected chi connectivity index (χ0v) is 12.3. The molecule has 0 amide bonds. The van der Waals surface area contributed by atoms with E-state index in [1.165, 1.54) is 0 Å². The van der Waals surface area contributed by atoms with Crippen LogP contribution in [0.1, 0.15) is 5.76 Å². The van der Waals surface area contributed by atoms with Crippen molar-refractivity contribution in [3.63, 3.8) is 0 Å². The number of methoxy groups -OCH3 is 1. The summed E-state index contributed by atoms with van der Waals surface area (Å²) in [5.41, 5.74) is 0.786. The largest absolute Gasteiger partial charge is 0.467 e. The molecule has 0 aromatic carbocycles. The Morgan fingerprint density at radius 3 is 3.05 bits per heavy atom. The van der Waals surface area contributed by atoms with E-state index in [2.05, 4.69) is 15.3 Å². The molecule has 0 saturated carbocycles. The normalized spacial score (nSPS) is 11.1. The lowest BCUT2D eigenvalue weighted by molar-refractivity contribution is 0.188. The highest BCUT2D eigenvalue weighted by atomic mass is 35.5. The number of aromatic nitrogens is 3. The molecule has 3 rings (SSSR count). The van der Waals surface area contributed by atoms with Gasteiger partial charge >= 0.3 is 0 Å². The molecule has 0 aliphatic heterocycles. The summed E-state index contributed by atoms with van der Waals surface area (Å²) >= 11 is 6.02. The summed E-state index contributed by atoms with van der Waals surface area (Å²) in [4.78, 5) is 8.54. The number of hydrogen-bond donors (Lipinski definition) is 1. The van der Waals surface area contributed by atoms with Gasteiger partial charge < -0.3 is 19.0 Å². The number of furan rings is 1. The van der Waals surface area contributed by atoms with E-state index >= 15 is 0 Å². The van der Waals surface area contributed by atoms with E-state index in [1.807, 2.05) is 29.0 Å². The van der Waals surface area contributed by atoms with E-state index in [9.17, 15) is 0 Å². The fourth-order valence-corrected chi connectivity index (χ4v) is 2.29. The van der Waals surface area contributed by atoms with Crippen molar-refractivity contribution in [1.82, 2.24) is 14.5 Å². The Labute approximate surface area is 126 Å². The zero-order chi connectivity index (χ0) is 14.7. The summed E-state index contributed by atoms with van der Waals surface area (Å²) in [6, 6.07) is 5.71. The van der Waals surface area contributed by atoms with Crippen molar-refractivity contribution < 1.29 is 9.15 Å². The molecule has 0 unspecified atom stereocenters. The van der Waals surface area contributed by atoms with Crippen molar-refractivity contribution in [1.29, 1.82) is 0 Å². The highest BCUT2D eigenvalue weighted by Gasteiger charge is 2.11. The van der Waals surface area contributed by atoms with Gasteiger partial charge in [-0.25, -0.2) is 4.98 Å². The maximum absolute atomic E-state index is 6.02. The van der Waals surface area contributed by atoms with Crippen molar-refractivity contribution in [2.75, 3.05) is 19.0 Å². The number of nitrogens with one attached hydrogen (secondary N) is 1. The lowest BCUT2D eigenvalue weighted by atomic mass is 10.3. The van der Waals surface area contributed by atoms with Gasteiger partial charge in [0.2, 0.25) is 5.28 Å². The van der Waals surface area contributed by atoms with Gasteiger partial charge in [0.1, 0.15) is 17.2 Å². The van der Waals surface area contributed by atoms with E-state index in [1.54, 1.807) is 13.4 Å². The smallest absolute Gasteiger partial charge is 0.226 e. The average molecular weight is 307 g/mol. The standard InChI is InChI=1S/C14H15ClN4O2/c1-20-8-6-19-5-4-11-12(17-14(15)18-13(11)19)16-9-10-3-2-7-21-10/h2-5,7H,6,8-9H2,1H3,(H,16,17,18). The van der Waals surface area contributed by atoms with Crippen molar-refractivity contribution in [2.24, 2.45) is 0 Å². The highest BCUT2D eigenvalue weighted by Crippen LogP contribution is 2.23. The van der Waals surface area contributed by atoms with Crippen LogP contribution in [0.5, 0.6) is 0 Å². The Morgan fingerprint density at radius 1 is 1.38 bits per heavy atom. The van der Waals surface area contributed by atoms with Gasteiger partial charge in [0.15, 0.2) is 0 Å². The SMILES string of the molecule is COCCn1ccc2c(NCc3ccco3)nc(Cl)nc21. The molecule has 0 fully saturated rings. The van der Waals surface area contributed by atoms with Gasteiger partial charge in [0, 0.05) is 19.9 Å². The van der Waals surface area contributed by atoms with Crippen LogP contribution in [0.3, 0.4) is 0 Å². The fraction of sp³-hybridized carbons (Fsp3) is 0.286. The minimum atomic E-state index is 0.210. The van der Waals surface area contributed by atoms with E-state index in [0.717, 1.165) is 16.8 Å². The average Bonchev–Trinajstić information content (AvgIpc) is 3.12. The number of ether oxygens (including phenoxy) is 1. The maximum Gasteiger partial charge on any atom is 0.226 e. The number of halogens is 1. The summed E-state index contributed by atoms with van der Waals surface area (Å²) in [6.07, 6.45) is 3.59. The monoisotopic (exact) mass is 306 g/mol. The molecule has 0 bridgehead atoms. The number of fused-ring (bicyclic) bond motifs is 1. The van der Waals surface area contributed by atoms with Crippen LogP contribution in [0.25, 0.3) is 11.0 Å². The van der Waals surface area contributed by atoms with Gasteiger partial charge in [0.05, 0.1) is 24.8 Å². The van der Waals surface area contributed by atoms with Gasteiger partial charge in [-0.2, -0.15) is 4.98 Å². The van der Waals surface area contributed by atoms with Gasteiger partial charge in [0.25, 0.3) is 0 Å². The third kappa shape index (κ3) is 3.01. The Morgan fingerprint density at radius 2 is 2.29 bits per heavy atom. The molecule has 3 aromatic rings. The molecule has 0 spiro atoms. The first-order chi connectivity index (χ1) is 10.3. The second kappa shape index (κ2) is 6.15. The summed E-state index contributed by atoms with van der Waals surface area (Å²) in [5, 5.41) is 4.36. The zero-order valence-electron chi connectivity index (χ0n) is 11.5. The number of hydrogen-bond acceptors (Lipinski definition) is 5. The Bertz CT molecular complexity index is 724. The Kier molecular flexibility index (Phi) is 4.08. The third-order valence-electron chi connectivity index (χ3n) is 3.14. The van der Waals surface area contributed by atoms with Gasteiger partial charge in [-0.15, -0.1) is 0 Å². The molecule has 0 aliphatic rings. The van der Waals surface area contributed by atoms with Crippen LogP contribution in [0.15, 0.2) is 35.1 Å². The Balaban J connectivity index is 1.89. The van der Waals surface area contributed by atoms with Crippen LogP contribution >= 0.6 is 11.6 Å². The molecule has 110 valence electrons. The first-order valence-corrected chi connectivity index (χ1v) is 6.93. The Hall–Kier alpha value is -2.05. The van der Waals surface area contributed by atoms with Crippen LogP contribution in [0, 0.1) is 0 Å². The lowest BCUT2D eigenvalue weighted by Crippen LogP contribution is -2.06. The topological polar surface area (TPSA) is 65.1 Å². The van der Waals surface area contributed by atoms with E-state index in [4.69, 9.17) is 20.8 Å². The van der Waals surface area contributed by atoms with E-state index < -0.39 is 0 Å². The number of nitrogens with zero attached hydrogens (tertiary/aromatic N) is 3. The quantitative estimate of drug-likeness (QED) is 0.709. The second-order valence-electron chi connectivity index (χ2n) is 4.51. The number of rotatable bonds is 6. The first kappa shape index (κ1) is 13.9.